The molecular formula is C28H28N4O. The summed E-state index contributed by atoms with van der Waals surface area (Å²) in [5.41, 5.74) is 7.14. The van der Waals surface area contributed by atoms with Gasteiger partial charge >= 0.3 is 0 Å². The van der Waals surface area contributed by atoms with Crippen molar-refractivity contribution < 1.29 is 4.74 Å². The van der Waals surface area contributed by atoms with Crippen molar-refractivity contribution in [3.8, 4) is 0 Å². The maximum absolute atomic E-state index is 9.19. The fourth-order valence-electron chi connectivity index (χ4n) is 4.66. The zero-order valence-corrected chi connectivity index (χ0v) is 19.0. The number of nitrogens with one attached hydrogen (secondary N) is 1. The summed E-state index contributed by atoms with van der Waals surface area (Å²) in [5, 5.41) is 10.3. The molecule has 0 amide bonds. The third-order valence-corrected chi connectivity index (χ3v) is 6.28. The van der Waals surface area contributed by atoms with E-state index >= 15 is 0 Å². The normalized spacial score (nSPS) is 12.4. The molecule has 1 N–H and O–H groups in total. The number of benzene rings is 3. The number of imidazole rings is 1. The summed E-state index contributed by atoms with van der Waals surface area (Å²) < 4.78 is 9.82. The lowest BCUT2D eigenvalue weighted by molar-refractivity contribution is 0.154. The van der Waals surface area contributed by atoms with Crippen LogP contribution in [0.5, 0.6) is 0 Å². The summed E-state index contributed by atoms with van der Waals surface area (Å²) in [6.45, 7) is 3.22. The number of nitrogens with zero attached hydrogens (tertiary/aromatic N) is 3. The highest BCUT2D eigenvalue weighted by Gasteiger charge is 2.20. The van der Waals surface area contributed by atoms with E-state index in [0.29, 0.717) is 18.8 Å². The van der Waals surface area contributed by atoms with Crippen LogP contribution in [0.1, 0.15) is 22.7 Å². The average molecular weight is 437 g/mol. The minimum Gasteiger partial charge on any atom is -0.383 e. The summed E-state index contributed by atoms with van der Waals surface area (Å²) in [6, 6.07) is 27.2. The van der Waals surface area contributed by atoms with Crippen LogP contribution in [0.15, 0.2) is 85.1 Å². The highest BCUT2D eigenvalue weighted by atomic mass is 16.5. The first kappa shape index (κ1) is 21.2. The van der Waals surface area contributed by atoms with Gasteiger partial charge in [-0.25, -0.2) is 0 Å². The molecule has 0 fully saturated rings. The number of rotatable bonds is 7. The van der Waals surface area contributed by atoms with Crippen LogP contribution in [-0.4, -0.2) is 27.8 Å². The fourth-order valence-corrected chi connectivity index (χ4v) is 4.66. The maximum atomic E-state index is 9.19. The van der Waals surface area contributed by atoms with Crippen LogP contribution in [0.2, 0.25) is 0 Å². The van der Waals surface area contributed by atoms with Crippen molar-refractivity contribution >= 4 is 21.9 Å². The molecule has 5 heteroatoms. The standard InChI is InChI=1S/C28H28N4O/c1-20-12-14-21(15-13-20)17-24(19-33-2)32-26-11-4-3-10-25(26)31(28(32)29)18-23-8-5-7-22-9-6-16-30-27(22)23/h3-16,24,29H,17-19H2,1-2H3. The van der Waals surface area contributed by atoms with Crippen LogP contribution in [0.25, 0.3) is 21.9 Å². The first-order valence-corrected chi connectivity index (χ1v) is 11.3. The molecule has 0 bridgehead atoms. The molecule has 2 aromatic heterocycles. The van der Waals surface area contributed by atoms with Gasteiger partial charge in [0.05, 0.1) is 35.7 Å². The number of aryl methyl sites for hydroxylation is 1. The van der Waals surface area contributed by atoms with Crippen molar-refractivity contribution in [2.45, 2.75) is 25.9 Å². The summed E-state index contributed by atoms with van der Waals surface area (Å²) in [7, 11) is 1.73. The molecule has 5 nitrogen and oxygen atoms in total. The van der Waals surface area contributed by atoms with Crippen LogP contribution >= 0.6 is 0 Å². The molecule has 0 radical (unpaired) electrons. The Labute approximate surface area is 193 Å². The van der Waals surface area contributed by atoms with Gasteiger partial charge < -0.3 is 13.9 Å². The molecule has 3 aromatic carbocycles. The van der Waals surface area contributed by atoms with Crippen molar-refractivity contribution in [3.05, 3.63) is 107 Å². The van der Waals surface area contributed by atoms with Gasteiger partial charge in [-0.1, -0.05) is 66.2 Å². The first-order chi connectivity index (χ1) is 16.2. The Bertz CT molecular complexity index is 1460. The number of fused-ring (bicyclic) bond motifs is 2. The van der Waals surface area contributed by atoms with Gasteiger partial charge in [0, 0.05) is 18.7 Å². The van der Waals surface area contributed by atoms with E-state index in [9.17, 15) is 5.41 Å². The summed E-state index contributed by atoms with van der Waals surface area (Å²) in [4.78, 5) is 4.62. The quantitative estimate of drug-likeness (QED) is 0.378. The lowest BCUT2D eigenvalue weighted by atomic mass is 10.0. The van der Waals surface area contributed by atoms with Gasteiger partial charge in [-0.15, -0.1) is 0 Å². The van der Waals surface area contributed by atoms with Crippen molar-refractivity contribution in [1.29, 1.82) is 5.41 Å². The smallest absolute Gasteiger partial charge is 0.203 e. The predicted octanol–water partition coefficient (Wildman–Crippen LogP) is 5.26. The van der Waals surface area contributed by atoms with Crippen LogP contribution in [0.3, 0.4) is 0 Å². The molecule has 0 aliphatic heterocycles. The number of ether oxygens (including phenoxy) is 1. The van der Waals surface area contributed by atoms with Gasteiger partial charge in [0.2, 0.25) is 5.62 Å². The van der Waals surface area contributed by atoms with Crippen molar-refractivity contribution in [1.82, 2.24) is 14.1 Å². The number of hydrogen-bond donors (Lipinski definition) is 1. The van der Waals surface area contributed by atoms with E-state index in [4.69, 9.17) is 4.74 Å². The fraction of sp³-hybridized carbons (Fsp3) is 0.214. The number of methoxy groups -OCH3 is 1. The number of aromatic nitrogens is 3. The summed E-state index contributed by atoms with van der Waals surface area (Å²) in [5.74, 6) is 0. The van der Waals surface area contributed by atoms with Crippen LogP contribution in [0.4, 0.5) is 0 Å². The SMILES string of the molecule is COCC(Cc1ccc(C)cc1)n1c(=N)n(Cc2cccc3cccnc23)c2ccccc21. The van der Waals surface area contributed by atoms with E-state index in [1.165, 1.54) is 11.1 Å². The molecule has 0 saturated heterocycles. The third kappa shape index (κ3) is 4.08. The number of para-hydroxylation sites is 3. The van der Waals surface area contributed by atoms with Gasteiger partial charge in [0.1, 0.15) is 0 Å². The molecule has 0 spiro atoms. The Morgan fingerprint density at radius 1 is 0.909 bits per heavy atom. The van der Waals surface area contributed by atoms with Crippen LogP contribution in [0, 0.1) is 12.3 Å². The molecule has 2 heterocycles. The van der Waals surface area contributed by atoms with Gasteiger partial charge in [0.25, 0.3) is 0 Å². The van der Waals surface area contributed by atoms with Gasteiger partial charge in [-0.2, -0.15) is 0 Å². The second kappa shape index (κ2) is 9.04. The molecule has 0 aliphatic rings. The van der Waals surface area contributed by atoms with Crippen LogP contribution in [-0.2, 0) is 17.7 Å². The van der Waals surface area contributed by atoms with E-state index in [1.54, 1.807) is 7.11 Å². The van der Waals surface area contributed by atoms with Crippen molar-refractivity contribution in [2.24, 2.45) is 0 Å². The maximum Gasteiger partial charge on any atom is 0.203 e. The monoisotopic (exact) mass is 436 g/mol. The highest BCUT2D eigenvalue weighted by Crippen LogP contribution is 2.23. The molecule has 1 atom stereocenters. The molecule has 33 heavy (non-hydrogen) atoms. The molecule has 0 aliphatic carbocycles. The zero-order chi connectivity index (χ0) is 22.8. The Kier molecular flexibility index (Phi) is 5.80. The summed E-state index contributed by atoms with van der Waals surface area (Å²) >= 11 is 0. The van der Waals surface area contributed by atoms with Crippen molar-refractivity contribution in [3.63, 3.8) is 0 Å². The molecule has 0 saturated carbocycles. The van der Waals surface area contributed by atoms with E-state index in [-0.39, 0.29) is 6.04 Å². The number of hydrogen-bond acceptors (Lipinski definition) is 3. The Hall–Kier alpha value is -3.70. The largest absolute Gasteiger partial charge is 0.383 e. The van der Waals surface area contributed by atoms with E-state index < -0.39 is 0 Å². The topological polar surface area (TPSA) is 55.8 Å². The highest BCUT2D eigenvalue weighted by molar-refractivity contribution is 5.82. The second-order valence-corrected chi connectivity index (χ2v) is 8.56. The van der Waals surface area contributed by atoms with Gasteiger partial charge in [-0.05, 0) is 42.7 Å². The van der Waals surface area contributed by atoms with Gasteiger partial charge in [0.15, 0.2) is 0 Å². The Balaban J connectivity index is 1.62. The van der Waals surface area contributed by atoms with E-state index in [0.717, 1.165) is 33.9 Å². The third-order valence-electron chi connectivity index (χ3n) is 6.28. The minimum atomic E-state index is 0.0157. The van der Waals surface area contributed by atoms with Crippen molar-refractivity contribution in [2.75, 3.05) is 13.7 Å². The average Bonchev–Trinajstić information content (AvgIpc) is 3.11. The minimum absolute atomic E-state index is 0.0157. The van der Waals surface area contributed by atoms with Crippen LogP contribution < -0.4 is 5.62 Å². The lowest BCUT2D eigenvalue weighted by Crippen LogP contribution is -2.31. The number of pyridine rings is 1. The molecule has 1 unspecified atom stereocenters. The van der Waals surface area contributed by atoms with Gasteiger partial charge in [-0.3, -0.25) is 10.4 Å². The lowest BCUT2D eigenvalue weighted by Gasteiger charge is -2.19. The van der Waals surface area contributed by atoms with E-state index in [2.05, 4.69) is 81.7 Å². The molecule has 5 aromatic rings. The first-order valence-electron chi connectivity index (χ1n) is 11.3. The molecule has 5 rings (SSSR count). The summed E-state index contributed by atoms with van der Waals surface area (Å²) in [6.07, 6.45) is 2.63. The molecular weight excluding hydrogens is 408 g/mol. The Morgan fingerprint density at radius 3 is 2.45 bits per heavy atom. The molecule has 166 valence electrons. The Morgan fingerprint density at radius 2 is 1.67 bits per heavy atom. The second-order valence-electron chi connectivity index (χ2n) is 8.56. The zero-order valence-electron chi connectivity index (χ0n) is 19.0. The predicted molar refractivity (Wildman–Crippen MR) is 132 cm³/mol. The van der Waals surface area contributed by atoms with E-state index in [1.807, 2.05) is 24.4 Å².